The second kappa shape index (κ2) is 13.5. The largest absolute Gasteiger partial charge is 0.381 e. The number of rotatable bonds is 6. The van der Waals surface area contributed by atoms with Crippen LogP contribution in [0.1, 0.15) is 53.9 Å². The fourth-order valence-electron chi connectivity index (χ4n) is 1.00. The summed E-state index contributed by atoms with van der Waals surface area (Å²) in [7, 11) is 0. The van der Waals surface area contributed by atoms with Gasteiger partial charge < -0.3 is 4.74 Å². The van der Waals surface area contributed by atoms with Gasteiger partial charge >= 0.3 is 0 Å². The van der Waals surface area contributed by atoms with Gasteiger partial charge in [-0.05, 0) is 18.8 Å². The minimum Gasteiger partial charge on any atom is -0.381 e. The van der Waals surface area contributed by atoms with Gasteiger partial charge in [0.1, 0.15) is 0 Å². The van der Waals surface area contributed by atoms with Crippen LogP contribution in [0.2, 0.25) is 0 Å². The van der Waals surface area contributed by atoms with E-state index in [2.05, 4.69) is 20.8 Å². The lowest BCUT2D eigenvalue weighted by molar-refractivity contribution is 0.102. The van der Waals surface area contributed by atoms with Crippen molar-refractivity contribution in [2.24, 2.45) is 5.92 Å². The summed E-state index contributed by atoms with van der Waals surface area (Å²) in [6.07, 6.45) is 3.71. The van der Waals surface area contributed by atoms with Crippen LogP contribution in [0.25, 0.3) is 0 Å². The summed E-state index contributed by atoms with van der Waals surface area (Å²) < 4.78 is 5.40. The molecular weight excluding hydrogens is 148 g/mol. The highest BCUT2D eigenvalue weighted by atomic mass is 16.5. The molecule has 0 aromatic rings. The third-order valence-corrected chi connectivity index (χ3v) is 1.53. The zero-order chi connectivity index (χ0) is 9.82. The molecular formula is C11H26O. The summed E-state index contributed by atoms with van der Waals surface area (Å²) in [4.78, 5) is 0. The highest BCUT2D eigenvalue weighted by Gasteiger charge is 1.98. The zero-order valence-electron chi connectivity index (χ0n) is 9.52. The molecule has 0 aromatic heterocycles. The molecule has 76 valence electrons. The maximum atomic E-state index is 5.40. The van der Waals surface area contributed by atoms with Gasteiger partial charge in [-0.15, -0.1) is 0 Å². The van der Waals surface area contributed by atoms with Gasteiger partial charge in [0.25, 0.3) is 0 Å². The Morgan fingerprint density at radius 3 is 2.08 bits per heavy atom. The smallest absolute Gasteiger partial charge is 0.0491 e. The van der Waals surface area contributed by atoms with Gasteiger partial charge in [0.2, 0.25) is 0 Å². The highest BCUT2D eigenvalue weighted by Crippen LogP contribution is 2.04. The summed E-state index contributed by atoms with van der Waals surface area (Å²) in [5, 5.41) is 0. The highest BCUT2D eigenvalue weighted by molar-refractivity contribution is 4.48. The van der Waals surface area contributed by atoms with E-state index in [1.807, 2.05) is 13.8 Å². The Balaban J connectivity index is 0. The van der Waals surface area contributed by atoms with Crippen LogP contribution < -0.4 is 0 Å². The number of ether oxygens (including phenoxy) is 1. The molecule has 0 rings (SSSR count). The average molecular weight is 174 g/mol. The first-order valence-corrected chi connectivity index (χ1v) is 5.39. The quantitative estimate of drug-likeness (QED) is 0.555. The van der Waals surface area contributed by atoms with Crippen LogP contribution in [0.5, 0.6) is 0 Å². The summed E-state index contributed by atoms with van der Waals surface area (Å²) in [6.45, 7) is 12.5. The predicted octanol–water partition coefficient (Wildman–Crippen LogP) is 3.88. The van der Waals surface area contributed by atoms with E-state index in [4.69, 9.17) is 4.74 Å². The average Bonchev–Trinajstić information content (AvgIpc) is 2.09. The van der Waals surface area contributed by atoms with Gasteiger partial charge in [0.15, 0.2) is 0 Å². The van der Waals surface area contributed by atoms with E-state index in [0.29, 0.717) is 0 Å². The fourth-order valence-corrected chi connectivity index (χ4v) is 1.00. The molecule has 0 amide bonds. The molecule has 0 aliphatic carbocycles. The summed E-state index contributed by atoms with van der Waals surface area (Å²) >= 11 is 0. The van der Waals surface area contributed by atoms with Crippen molar-refractivity contribution in [2.75, 3.05) is 13.2 Å². The minimum atomic E-state index is 0.747. The van der Waals surface area contributed by atoms with Crippen molar-refractivity contribution >= 4 is 0 Å². The Labute approximate surface area is 78.5 Å². The third kappa shape index (κ3) is 12.6. The molecule has 0 radical (unpaired) electrons. The first kappa shape index (κ1) is 14.5. The number of hydrogen-bond acceptors (Lipinski definition) is 1. The normalized spacial score (nSPS) is 11.8. The van der Waals surface area contributed by atoms with Crippen molar-refractivity contribution in [3.05, 3.63) is 0 Å². The van der Waals surface area contributed by atoms with Crippen molar-refractivity contribution in [2.45, 2.75) is 53.9 Å². The molecule has 0 N–H and O–H groups in total. The predicted molar refractivity (Wildman–Crippen MR) is 56.5 cm³/mol. The summed E-state index contributed by atoms with van der Waals surface area (Å²) in [5.41, 5.74) is 0. The number of hydrogen-bond donors (Lipinski definition) is 0. The monoisotopic (exact) mass is 174 g/mol. The first-order valence-electron chi connectivity index (χ1n) is 5.39. The van der Waals surface area contributed by atoms with Crippen LogP contribution in [0.3, 0.4) is 0 Å². The van der Waals surface area contributed by atoms with E-state index in [-0.39, 0.29) is 0 Å². The molecule has 0 spiro atoms. The lowest BCUT2D eigenvalue weighted by atomic mass is 10.1. The van der Waals surface area contributed by atoms with Gasteiger partial charge in [-0.3, -0.25) is 0 Å². The van der Waals surface area contributed by atoms with Crippen LogP contribution in [0.4, 0.5) is 0 Å². The lowest BCUT2D eigenvalue weighted by Crippen LogP contribution is -2.05. The summed E-state index contributed by atoms with van der Waals surface area (Å²) in [6, 6.07) is 0. The second-order valence-electron chi connectivity index (χ2n) is 2.97. The second-order valence-corrected chi connectivity index (χ2v) is 2.97. The molecule has 1 heteroatoms. The summed E-state index contributed by atoms with van der Waals surface area (Å²) in [5.74, 6) is 0.747. The van der Waals surface area contributed by atoms with Gasteiger partial charge in [-0.2, -0.15) is 0 Å². The van der Waals surface area contributed by atoms with E-state index in [0.717, 1.165) is 25.6 Å². The van der Waals surface area contributed by atoms with Crippen LogP contribution in [0, 0.1) is 5.92 Å². The van der Waals surface area contributed by atoms with E-state index in [1.165, 1.54) is 12.8 Å². The van der Waals surface area contributed by atoms with Crippen LogP contribution >= 0.6 is 0 Å². The van der Waals surface area contributed by atoms with E-state index in [1.54, 1.807) is 0 Å². The van der Waals surface area contributed by atoms with Gasteiger partial charge in [0, 0.05) is 13.2 Å². The van der Waals surface area contributed by atoms with Crippen LogP contribution in [0.15, 0.2) is 0 Å². The van der Waals surface area contributed by atoms with Crippen molar-refractivity contribution in [3.8, 4) is 0 Å². The van der Waals surface area contributed by atoms with Crippen molar-refractivity contribution in [1.29, 1.82) is 0 Å². The molecule has 0 aliphatic rings. The molecule has 0 bridgehead atoms. The van der Waals surface area contributed by atoms with Crippen LogP contribution in [-0.4, -0.2) is 13.2 Å². The van der Waals surface area contributed by atoms with Crippen molar-refractivity contribution in [3.63, 3.8) is 0 Å². The molecule has 0 fully saturated rings. The Morgan fingerprint density at radius 1 is 1.08 bits per heavy atom. The maximum absolute atomic E-state index is 5.40. The van der Waals surface area contributed by atoms with Gasteiger partial charge in [0.05, 0.1) is 0 Å². The maximum Gasteiger partial charge on any atom is 0.0491 e. The topological polar surface area (TPSA) is 9.23 Å². The van der Waals surface area contributed by atoms with E-state index < -0.39 is 0 Å². The fraction of sp³-hybridized carbons (Fsp3) is 1.00. The molecule has 0 saturated heterocycles. The third-order valence-electron chi connectivity index (χ3n) is 1.53. The standard InChI is InChI=1S/C9H20O.C2H6/c1-4-6-9(3)8-10-7-5-2;1-2/h9H,4-8H2,1-3H3;1-2H3. The molecule has 0 aromatic carbocycles. The molecule has 12 heavy (non-hydrogen) atoms. The molecule has 0 aliphatic heterocycles. The lowest BCUT2D eigenvalue weighted by Gasteiger charge is -2.09. The first-order chi connectivity index (χ1) is 5.81. The molecule has 1 atom stereocenters. The Hall–Kier alpha value is -0.0400. The van der Waals surface area contributed by atoms with Crippen LogP contribution in [-0.2, 0) is 4.74 Å². The van der Waals surface area contributed by atoms with E-state index in [9.17, 15) is 0 Å². The minimum absolute atomic E-state index is 0.747. The Kier molecular flexibility index (Phi) is 16.3. The Bertz CT molecular complexity index is 62.0. The van der Waals surface area contributed by atoms with E-state index >= 15 is 0 Å². The van der Waals surface area contributed by atoms with Crippen molar-refractivity contribution in [1.82, 2.24) is 0 Å². The van der Waals surface area contributed by atoms with Gasteiger partial charge in [-0.25, -0.2) is 0 Å². The molecule has 0 saturated carbocycles. The molecule has 1 unspecified atom stereocenters. The Morgan fingerprint density at radius 2 is 1.67 bits per heavy atom. The van der Waals surface area contributed by atoms with Crippen molar-refractivity contribution < 1.29 is 4.74 Å². The molecule has 0 heterocycles. The zero-order valence-corrected chi connectivity index (χ0v) is 9.52. The van der Waals surface area contributed by atoms with Gasteiger partial charge in [-0.1, -0.05) is 41.0 Å². The SMILES string of the molecule is CC.CCCOCC(C)CCC. The molecule has 1 nitrogen and oxygen atoms in total.